The fourth-order valence-electron chi connectivity index (χ4n) is 3.25. The van der Waals surface area contributed by atoms with Gasteiger partial charge in [-0.15, -0.1) is 0 Å². The van der Waals surface area contributed by atoms with Crippen LogP contribution in [0.25, 0.3) is 0 Å². The van der Waals surface area contributed by atoms with Crippen LogP contribution in [0.5, 0.6) is 11.5 Å². The van der Waals surface area contributed by atoms with Crippen molar-refractivity contribution in [2.24, 2.45) is 0 Å². The van der Waals surface area contributed by atoms with Gasteiger partial charge in [-0.3, -0.25) is 4.55 Å². The summed E-state index contributed by atoms with van der Waals surface area (Å²) in [5.41, 5.74) is -0.903. The van der Waals surface area contributed by atoms with Crippen molar-refractivity contribution < 1.29 is 23.2 Å². The maximum Gasteiger partial charge on any atom is 0.283 e. The smallest absolute Gasteiger partial charge is 0.283 e. The van der Waals surface area contributed by atoms with Crippen molar-refractivity contribution in [2.45, 2.75) is 4.75 Å². The van der Waals surface area contributed by atoms with E-state index in [0.717, 1.165) is 12.1 Å². The van der Waals surface area contributed by atoms with Crippen molar-refractivity contribution in [2.75, 3.05) is 0 Å². The molecule has 0 saturated carbocycles. The minimum absolute atomic E-state index is 0.0872. The Morgan fingerprint density at radius 3 is 1.90 bits per heavy atom. The van der Waals surface area contributed by atoms with Crippen LogP contribution in [0.4, 0.5) is 0 Å². The number of phenols is 2. The molecule has 0 radical (unpaired) electrons. The molecule has 3 N–H and O–H groups in total. The van der Waals surface area contributed by atoms with Gasteiger partial charge in [0, 0.05) is 21.2 Å². The summed E-state index contributed by atoms with van der Waals surface area (Å²) in [6.45, 7) is 0. The number of hydrogen-bond acceptors (Lipinski definition) is 4. The van der Waals surface area contributed by atoms with Crippen molar-refractivity contribution >= 4 is 56.5 Å². The molecule has 0 aliphatic rings. The van der Waals surface area contributed by atoms with Gasteiger partial charge in [0.2, 0.25) is 0 Å². The van der Waals surface area contributed by atoms with E-state index in [1.807, 2.05) is 0 Å². The predicted octanol–water partition coefficient (Wildman–Crippen LogP) is 5.89. The van der Waals surface area contributed by atoms with Crippen LogP contribution in [0.2, 0.25) is 20.1 Å². The summed E-state index contributed by atoms with van der Waals surface area (Å²) in [7, 11) is -5.19. The third-order valence-electron chi connectivity index (χ3n) is 4.38. The molecule has 1 unspecified atom stereocenters. The quantitative estimate of drug-likeness (QED) is 0.311. The zero-order valence-corrected chi connectivity index (χ0v) is 18.1. The summed E-state index contributed by atoms with van der Waals surface area (Å²) in [5.74, 6) is -0.896. The first-order chi connectivity index (χ1) is 13.5. The average Bonchev–Trinajstić information content (AvgIpc) is 2.62. The van der Waals surface area contributed by atoms with E-state index in [4.69, 9.17) is 46.4 Å². The maximum absolute atomic E-state index is 13.0. The minimum atomic E-state index is -5.19. The molecule has 0 aliphatic carbocycles. The summed E-state index contributed by atoms with van der Waals surface area (Å²) in [6, 6.07) is 11.6. The second kappa shape index (κ2) is 7.87. The predicted molar refractivity (Wildman–Crippen MR) is 114 cm³/mol. The lowest BCUT2D eigenvalue weighted by molar-refractivity contribution is 0.439. The van der Waals surface area contributed by atoms with E-state index in [-0.39, 0.29) is 37.0 Å². The molecule has 10 heteroatoms. The molecule has 0 heterocycles. The monoisotopic (exact) mass is 492 g/mol. The molecule has 0 aromatic heterocycles. The van der Waals surface area contributed by atoms with Crippen LogP contribution in [-0.4, -0.2) is 23.2 Å². The molecule has 0 bridgehead atoms. The van der Waals surface area contributed by atoms with Crippen LogP contribution in [0.15, 0.2) is 54.6 Å². The number of hydrogen-bond donors (Lipinski definition) is 3. The summed E-state index contributed by atoms with van der Waals surface area (Å²) in [4.78, 5) is 0. The van der Waals surface area contributed by atoms with Gasteiger partial charge in [-0.05, 0) is 42.0 Å². The SMILES string of the molecule is O=S(=O)(O)C(c1cccc(O)c1)(c1c(Cl)cccc1Cl)c1c(O)ccc(Cl)c1Cl. The Bertz CT molecular complexity index is 1190. The summed E-state index contributed by atoms with van der Waals surface area (Å²) >= 11 is 25.1. The summed E-state index contributed by atoms with van der Waals surface area (Å²) in [5, 5.41) is 19.9. The van der Waals surface area contributed by atoms with Crippen LogP contribution in [-0.2, 0) is 14.9 Å². The number of rotatable bonds is 4. The van der Waals surface area contributed by atoms with Crippen molar-refractivity contribution in [3.05, 3.63) is 91.4 Å². The number of phenolic OH excluding ortho intramolecular Hbond substituents is 2. The number of benzene rings is 3. The van der Waals surface area contributed by atoms with Crippen LogP contribution in [0.1, 0.15) is 16.7 Å². The Kier molecular flexibility index (Phi) is 5.98. The van der Waals surface area contributed by atoms with Gasteiger partial charge in [0.25, 0.3) is 10.1 Å². The molecule has 0 spiro atoms. The molecule has 29 heavy (non-hydrogen) atoms. The highest BCUT2D eigenvalue weighted by Crippen LogP contribution is 2.54. The van der Waals surface area contributed by atoms with E-state index >= 15 is 0 Å². The number of halogens is 4. The molecule has 5 nitrogen and oxygen atoms in total. The first-order valence-corrected chi connectivity index (χ1v) is 10.9. The minimum Gasteiger partial charge on any atom is -0.508 e. The molecule has 0 fully saturated rings. The average molecular weight is 494 g/mol. The Labute approximate surface area is 186 Å². The zero-order valence-electron chi connectivity index (χ0n) is 14.3. The van der Waals surface area contributed by atoms with E-state index in [1.54, 1.807) is 0 Å². The standard InChI is InChI=1S/C19H12Cl4O5S/c20-12-5-2-6-13(21)16(12)19(29(26,27)28,10-3-1-4-11(24)9-10)17-15(25)8-7-14(22)18(17)23/h1-9,24-25H,(H,26,27,28). The van der Waals surface area contributed by atoms with E-state index < -0.39 is 26.2 Å². The van der Waals surface area contributed by atoms with Crippen LogP contribution in [0.3, 0.4) is 0 Å². The largest absolute Gasteiger partial charge is 0.508 e. The molecule has 1 atom stereocenters. The van der Waals surface area contributed by atoms with Crippen LogP contribution >= 0.6 is 46.4 Å². The molecule has 3 rings (SSSR count). The second-order valence-corrected chi connectivity index (χ2v) is 9.22. The lowest BCUT2D eigenvalue weighted by Crippen LogP contribution is -2.39. The van der Waals surface area contributed by atoms with Crippen LogP contribution < -0.4 is 0 Å². The molecule has 0 saturated heterocycles. The van der Waals surface area contributed by atoms with Crippen molar-refractivity contribution in [1.29, 1.82) is 0 Å². The Morgan fingerprint density at radius 2 is 1.34 bits per heavy atom. The third kappa shape index (κ3) is 3.54. The van der Waals surface area contributed by atoms with Crippen molar-refractivity contribution in [3.8, 4) is 11.5 Å². The Morgan fingerprint density at radius 1 is 0.759 bits per heavy atom. The second-order valence-electron chi connectivity index (χ2n) is 6.06. The fourth-order valence-corrected chi connectivity index (χ4v) is 5.93. The molecule has 3 aromatic rings. The van der Waals surface area contributed by atoms with Gasteiger partial charge in [-0.2, -0.15) is 8.42 Å². The van der Waals surface area contributed by atoms with Gasteiger partial charge in [-0.25, -0.2) is 0 Å². The number of aromatic hydroxyl groups is 2. The molecular weight excluding hydrogens is 482 g/mol. The Hall–Kier alpha value is -1.67. The van der Waals surface area contributed by atoms with E-state index in [2.05, 4.69) is 0 Å². The van der Waals surface area contributed by atoms with Gasteiger partial charge >= 0.3 is 0 Å². The van der Waals surface area contributed by atoms with Gasteiger partial charge in [0.05, 0.1) is 10.0 Å². The zero-order chi connectivity index (χ0) is 21.6. The van der Waals surface area contributed by atoms with Gasteiger partial charge < -0.3 is 10.2 Å². The maximum atomic E-state index is 13.0. The lowest BCUT2D eigenvalue weighted by atomic mass is 9.83. The topological polar surface area (TPSA) is 94.8 Å². The van der Waals surface area contributed by atoms with Crippen LogP contribution in [0, 0.1) is 0 Å². The first-order valence-electron chi connectivity index (χ1n) is 7.90. The highest BCUT2D eigenvalue weighted by atomic mass is 35.5. The molecular formula is C19H12Cl4O5S. The van der Waals surface area contributed by atoms with Gasteiger partial charge in [-0.1, -0.05) is 64.6 Å². The van der Waals surface area contributed by atoms with Crippen molar-refractivity contribution in [3.63, 3.8) is 0 Å². The molecule has 0 aliphatic heterocycles. The Balaban J connectivity index is 2.71. The third-order valence-corrected chi connectivity index (χ3v) is 7.23. The highest BCUT2D eigenvalue weighted by molar-refractivity contribution is 7.87. The highest BCUT2D eigenvalue weighted by Gasteiger charge is 2.54. The van der Waals surface area contributed by atoms with E-state index in [9.17, 15) is 23.2 Å². The van der Waals surface area contributed by atoms with E-state index in [1.165, 1.54) is 42.5 Å². The normalized spacial score (nSPS) is 13.8. The molecule has 152 valence electrons. The summed E-state index contributed by atoms with van der Waals surface area (Å²) < 4.78 is 34.0. The fraction of sp³-hybridized carbons (Fsp3) is 0.0526. The molecule has 0 amide bonds. The summed E-state index contributed by atoms with van der Waals surface area (Å²) in [6.07, 6.45) is 0. The lowest BCUT2D eigenvalue weighted by Gasteiger charge is -2.35. The van der Waals surface area contributed by atoms with Crippen molar-refractivity contribution in [1.82, 2.24) is 0 Å². The first kappa shape index (κ1) is 22.0. The van der Waals surface area contributed by atoms with E-state index in [0.29, 0.717) is 0 Å². The van der Waals surface area contributed by atoms with Gasteiger partial charge in [0.15, 0.2) is 4.75 Å². The molecule has 3 aromatic carbocycles. The van der Waals surface area contributed by atoms with Gasteiger partial charge in [0.1, 0.15) is 11.5 Å².